The van der Waals surface area contributed by atoms with E-state index in [0.717, 1.165) is 38.2 Å². The highest BCUT2D eigenvalue weighted by Gasteiger charge is 2.28. The van der Waals surface area contributed by atoms with Gasteiger partial charge in [0.2, 0.25) is 0 Å². The topological polar surface area (TPSA) is 51.8 Å². The van der Waals surface area contributed by atoms with Crippen LogP contribution in [0.5, 0.6) is 5.75 Å². The number of ether oxygens (including phenoxy) is 2. The summed E-state index contributed by atoms with van der Waals surface area (Å²) in [7, 11) is 3.45. The Morgan fingerprint density at radius 1 is 1.08 bits per heavy atom. The van der Waals surface area contributed by atoms with Crippen molar-refractivity contribution in [3.63, 3.8) is 0 Å². The third-order valence-corrected chi connectivity index (χ3v) is 5.62. The van der Waals surface area contributed by atoms with Crippen LogP contribution in [0.25, 0.3) is 0 Å². The Balaban J connectivity index is 1.46. The SMILES string of the molecule is CONC1CCCNC1COC1CCC(c2ccccc2OC)CC1. The molecule has 0 aromatic heterocycles. The van der Waals surface area contributed by atoms with Crippen molar-refractivity contribution in [2.24, 2.45) is 0 Å². The van der Waals surface area contributed by atoms with Crippen LogP contribution in [0.1, 0.15) is 50.0 Å². The molecule has 1 aliphatic carbocycles. The minimum absolute atomic E-state index is 0.334. The lowest BCUT2D eigenvalue weighted by molar-refractivity contribution is -0.0195. The van der Waals surface area contributed by atoms with Crippen molar-refractivity contribution in [3.05, 3.63) is 29.8 Å². The molecule has 0 bridgehead atoms. The van der Waals surface area contributed by atoms with Crippen LogP contribution in [0.15, 0.2) is 24.3 Å². The maximum Gasteiger partial charge on any atom is 0.122 e. The Labute approximate surface area is 151 Å². The van der Waals surface area contributed by atoms with E-state index in [-0.39, 0.29) is 0 Å². The van der Waals surface area contributed by atoms with Crippen LogP contribution in [0.3, 0.4) is 0 Å². The second-order valence-electron chi connectivity index (χ2n) is 7.18. The minimum Gasteiger partial charge on any atom is -0.496 e. The molecule has 2 unspecified atom stereocenters. The molecule has 0 radical (unpaired) electrons. The summed E-state index contributed by atoms with van der Waals surface area (Å²) in [5.74, 6) is 1.61. The zero-order valence-electron chi connectivity index (χ0n) is 15.5. The molecule has 1 aromatic rings. The Morgan fingerprint density at radius 2 is 1.88 bits per heavy atom. The quantitative estimate of drug-likeness (QED) is 0.742. The average Bonchev–Trinajstić information content (AvgIpc) is 2.68. The van der Waals surface area contributed by atoms with Crippen LogP contribution >= 0.6 is 0 Å². The molecule has 5 nitrogen and oxygen atoms in total. The van der Waals surface area contributed by atoms with Crippen molar-refractivity contribution in [1.82, 2.24) is 10.8 Å². The van der Waals surface area contributed by atoms with Crippen LogP contribution in [0, 0.1) is 0 Å². The molecule has 0 spiro atoms. The minimum atomic E-state index is 0.334. The van der Waals surface area contributed by atoms with Crippen molar-refractivity contribution >= 4 is 0 Å². The number of rotatable bonds is 7. The summed E-state index contributed by atoms with van der Waals surface area (Å²) in [6.45, 7) is 1.82. The molecule has 2 aliphatic rings. The lowest BCUT2D eigenvalue weighted by Crippen LogP contribution is -2.54. The number of hydroxylamine groups is 1. The second kappa shape index (κ2) is 9.53. The number of hydrogen-bond acceptors (Lipinski definition) is 5. The standard InChI is InChI=1S/C20H32N2O3/c1-23-20-8-4-3-6-17(20)15-9-11-16(12-10-15)25-14-19-18(22-24-2)7-5-13-21-19/h3-4,6,8,15-16,18-19,21-22H,5,7,9-14H2,1-2H3. The predicted molar refractivity (Wildman–Crippen MR) is 98.9 cm³/mol. The molecule has 1 aromatic carbocycles. The maximum absolute atomic E-state index is 6.25. The van der Waals surface area contributed by atoms with E-state index >= 15 is 0 Å². The molecule has 3 rings (SSSR count). The number of methoxy groups -OCH3 is 1. The number of piperidine rings is 1. The van der Waals surface area contributed by atoms with Gasteiger partial charge in [-0.1, -0.05) is 18.2 Å². The van der Waals surface area contributed by atoms with E-state index in [9.17, 15) is 0 Å². The summed E-state index contributed by atoms with van der Waals surface area (Å²) in [5.41, 5.74) is 4.46. The van der Waals surface area contributed by atoms with E-state index in [1.807, 2.05) is 6.07 Å². The molecule has 1 aliphatic heterocycles. The summed E-state index contributed by atoms with van der Waals surface area (Å²) < 4.78 is 11.8. The Morgan fingerprint density at radius 3 is 2.64 bits per heavy atom. The first-order valence-electron chi connectivity index (χ1n) is 9.58. The molecule has 140 valence electrons. The first-order chi connectivity index (χ1) is 12.3. The molecule has 1 heterocycles. The van der Waals surface area contributed by atoms with Crippen LogP contribution in [0.4, 0.5) is 0 Å². The summed E-state index contributed by atoms with van der Waals surface area (Å²) in [6, 6.07) is 9.09. The summed E-state index contributed by atoms with van der Waals surface area (Å²) in [4.78, 5) is 5.13. The lowest BCUT2D eigenvalue weighted by Gasteiger charge is -2.35. The Hall–Kier alpha value is -1.14. The third kappa shape index (κ3) is 4.94. The van der Waals surface area contributed by atoms with Gasteiger partial charge in [0.15, 0.2) is 0 Å². The smallest absolute Gasteiger partial charge is 0.122 e. The van der Waals surface area contributed by atoms with Gasteiger partial charge in [0.25, 0.3) is 0 Å². The first-order valence-corrected chi connectivity index (χ1v) is 9.58. The van der Waals surface area contributed by atoms with E-state index in [1.54, 1.807) is 14.2 Å². The number of para-hydroxylation sites is 1. The van der Waals surface area contributed by atoms with E-state index in [4.69, 9.17) is 14.3 Å². The van der Waals surface area contributed by atoms with Gasteiger partial charge >= 0.3 is 0 Å². The Bertz CT molecular complexity index is 515. The van der Waals surface area contributed by atoms with Gasteiger partial charge in [-0.25, -0.2) is 0 Å². The van der Waals surface area contributed by atoms with Gasteiger partial charge in [-0.05, 0) is 62.6 Å². The van der Waals surface area contributed by atoms with Gasteiger partial charge in [0.05, 0.1) is 26.9 Å². The third-order valence-electron chi connectivity index (χ3n) is 5.62. The average molecular weight is 348 g/mol. The monoisotopic (exact) mass is 348 g/mol. The van der Waals surface area contributed by atoms with Gasteiger partial charge in [-0.15, -0.1) is 0 Å². The summed E-state index contributed by atoms with van der Waals surface area (Å²) in [6.07, 6.45) is 7.27. The molecule has 0 amide bonds. The zero-order chi connectivity index (χ0) is 17.5. The highest BCUT2D eigenvalue weighted by Crippen LogP contribution is 2.38. The highest BCUT2D eigenvalue weighted by molar-refractivity contribution is 5.36. The van der Waals surface area contributed by atoms with Crippen LogP contribution in [-0.4, -0.2) is 45.6 Å². The van der Waals surface area contributed by atoms with Crippen molar-refractivity contribution in [2.75, 3.05) is 27.4 Å². The highest BCUT2D eigenvalue weighted by atomic mass is 16.6. The molecule has 5 heteroatoms. The molecule has 2 atom stereocenters. The fourth-order valence-electron chi connectivity index (χ4n) is 4.20. The van der Waals surface area contributed by atoms with Crippen molar-refractivity contribution in [2.45, 2.75) is 62.6 Å². The van der Waals surface area contributed by atoms with E-state index < -0.39 is 0 Å². The number of nitrogens with one attached hydrogen (secondary N) is 2. The number of hydrogen-bond donors (Lipinski definition) is 2. The van der Waals surface area contributed by atoms with Crippen molar-refractivity contribution < 1.29 is 14.3 Å². The van der Waals surface area contributed by atoms with Gasteiger partial charge in [-0.2, -0.15) is 5.48 Å². The van der Waals surface area contributed by atoms with Crippen LogP contribution < -0.4 is 15.5 Å². The van der Waals surface area contributed by atoms with Gasteiger partial charge in [0.1, 0.15) is 5.75 Å². The molecule has 1 saturated carbocycles. The second-order valence-corrected chi connectivity index (χ2v) is 7.18. The Kier molecular flexibility index (Phi) is 7.11. The molecular formula is C20H32N2O3. The van der Waals surface area contributed by atoms with E-state index in [1.165, 1.54) is 24.8 Å². The number of benzene rings is 1. The van der Waals surface area contributed by atoms with Gasteiger partial charge in [-0.3, -0.25) is 0 Å². The summed E-state index contributed by atoms with van der Waals surface area (Å²) >= 11 is 0. The zero-order valence-corrected chi connectivity index (χ0v) is 15.5. The lowest BCUT2D eigenvalue weighted by atomic mass is 9.82. The van der Waals surface area contributed by atoms with Crippen LogP contribution in [0.2, 0.25) is 0 Å². The van der Waals surface area contributed by atoms with Gasteiger partial charge < -0.3 is 19.6 Å². The summed E-state index contributed by atoms with van der Waals surface area (Å²) in [5, 5.41) is 3.56. The first kappa shape index (κ1) is 18.6. The molecule has 2 fully saturated rings. The van der Waals surface area contributed by atoms with E-state index in [2.05, 4.69) is 29.0 Å². The molecule has 2 N–H and O–H groups in total. The van der Waals surface area contributed by atoms with Crippen molar-refractivity contribution in [3.8, 4) is 5.75 Å². The molecule has 1 saturated heterocycles. The van der Waals surface area contributed by atoms with E-state index in [0.29, 0.717) is 24.1 Å². The van der Waals surface area contributed by atoms with Crippen LogP contribution in [-0.2, 0) is 9.57 Å². The predicted octanol–water partition coefficient (Wildman–Crippen LogP) is 3.01. The fourth-order valence-corrected chi connectivity index (χ4v) is 4.20. The van der Waals surface area contributed by atoms with Crippen molar-refractivity contribution in [1.29, 1.82) is 0 Å². The molecule has 25 heavy (non-hydrogen) atoms. The maximum atomic E-state index is 6.25. The fraction of sp³-hybridized carbons (Fsp3) is 0.700. The molecular weight excluding hydrogens is 316 g/mol. The largest absolute Gasteiger partial charge is 0.496 e. The normalized spacial score (nSPS) is 30.2. The van der Waals surface area contributed by atoms with Gasteiger partial charge in [0, 0.05) is 12.1 Å².